The fourth-order valence-electron chi connectivity index (χ4n) is 3.59. The molecule has 1 aliphatic rings. The van der Waals surface area contributed by atoms with E-state index in [2.05, 4.69) is 36.5 Å². The van der Waals surface area contributed by atoms with Crippen LogP contribution in [-0.4, -0.2) is 18.6 Å². The van der Waals surface area contributed by atoms with E-state index < -0.39 is 5.54 Å². The SMILES string of the molecule is CC(NC(=O)COC1CCCCC1)(c1ccccc1)c1ccccc1. The van der Waals surface area contributed by atoms with Crippen molar-refractivity contribution in [1.29, 1.82) is 0 Å². The lowest BCUT2D eigenvalue weighted by Gasteiger charge is -2.32. The average Bonchev–Trinajstić information content (AvgIpc) is 2.68. The molecule has 1 fully saturated rings. The Morgan fingerprint density at radius 3 is 2.00 bits per heavy atom. The van der Waals surface area contributed by atoms with Gasteiger partial charge in [-0.2, -0.15) is 0 Å². The first-order chi connectivity index (χ1) is 12.2. The molecule has 0 atom stereocenters. The number of rotatable bonds is 6. The molecule has 0 aromatic heterocycles. The van der Waals surface area contributed by atoms with Crippen molar-refractivity contribution in [3.05, 3.63) is 71.8 Å². The van der Waals surface area contributed by atoms with Gasteiger partial charge in [-0.25, -0.2) is 0 Å². The molecular weight excluding hydrogens is 310 g/mol. The van der Waals surface area contributed by atoms with Gasteiger partial charge in [0.05, 0.1) is 11.6 Å². The van der Waals surface area contributed by atoms with Gasteiger partial charge in [-0.05, 0) is 30.9 Å². The third-order valence-electron chi connectivity index (χ3n) is 5.09. The molecule has 1 saturated carbocycles. The van der Waals surface area contributed by atoms with Gasteiger partial charge in [-0.15, -0.1) is 0 Å². The predicted octanol–water partition coefficient (Wildman–Crippen LogP) is 4.42. The van der Waals surface area contributed by atoms with Crippen LogP contribution in [0.15, 0.2) is 60.7 Å². The molecule has 0 bridgehead atoms. The van der Waals surface area contributed by atoms with Crippen LogP contribution >= 0.6 is 0 Å². The average molecular weight is 337 g/mol. The van der Waals surface area contributed by atoms with Crippen LogP contribution in [0.4, 0.5) is 0 Å². The molecule has 3 heteroatoms. The van der Waals surface area contributed by atoms with E-state index in [0.29, 0.717) is 0 Å². The zero-order valence-electron chi connectivity index (χ0n) is 14.9. The predicted molar refractivity (Wildman–Crippen MR) is 100 cm³/mol. The van der Waals surface area contributed by atoms with E-state index in [9.17, 15) is 4.79 Å². The molecule has 1 aliphatic carbocycles. The van der Waals surface area contributed by atoms with Crippen molar-refractivity contribution in [1.82, 2.24) is 5.32 Å². The molecule has 0 saturated heterocycles. The van der Waals surface area contributed by atoms with Crippen LogP contribution < -0.4 is 5.32 Å². The fourth-order valence-corrected chi connectivity index (χ4v) is 3.59. The molecule has 0 spiro atoms. The van der Waals surface area contributed by atoms with E-state index in [1.54, 1.807) is 0 Å². The fraction of sp³-hybridized carbons (Fsp3) is 0.409. The first kappa shape index (κ1) is 17.7. The van der Waals surface area contributed by atoms with Crippen LogP contribution in [-0.2, 0) is 15.1 Å². The lowest BCUT2D eigenvalue weighted by Crippen LogP contribution is -2.46. The number of carbonyl (C=O) groups excluding carboxylic acids is 1. The second-order valence-electron chi connectivity index (χ2n) is 6.98. The van der Waals surface area contributed by atoms with Crippen LogP contribution in [0.1, 0.15) is 50.2 Å². The first-order valence-corrected chi connectivity index (χ1v) is 9.22. The Balaban J connectivity index is 1.73. The standard InChI is InChI=1S/C22H27NO2/c1-22(18-11-5-2-6-12-18,19-13-7-3-8-14-19)23-21(24)17-25-20-15-9-4-10-16-20/h2-3,5-8,11-14,20H,4,9-10,15-17H2,1H3,(H,23,24). The Morgan fingerprint density at radius 2 is 1.48 bits per heavy atom. The van der Waals surface area contributed by atoms with Gasteiger partial charge in [0.25, 0.3) is 0 Å². The molecule has 3 rings (SSSR count). The Morgan fingerprint density at radius 1 is 0.960 bits per heavy atom. The van der Waals surface area contributed by atoms with Gasteiger partial charge in [0, 0.05) is 0 Å². The zero-order chi connectivity index (χ0) is 17.5. The number of benzene rings is 2. The van der Waals surface area contributed by atoms with E-state index in [4.69, 9.17) is 4.74 Å². The molecule has 1 N–H and O–H groups in total. The summed E-state index contributed by atoms with van der Waals surface area (Å²) in [6.07, 6.45) is 6.07. The maximum atomic E-state index is 12.6. The summed E-state index contributed by atoms with van der Waals surface area (Å²) in [5.41, 5.74) is 1.55. The largest absolute Gasteiger partial charge is 0.368 e. The molecular formula is C22H27NO2. The van der Waals surface area contributed by atoms with Gasteiger partial charge in [-0.1, -0.05) is 79.9 Å². The van der Waals surface area contributed by atoms with E-state index in [1.165, 1.54) is 19.3 Å². The van der Waals surface area contributed by atoms with Gasteiger partial charge in [0.2, 0.25) is 5.91 Å². The monoisotopic (exact) mass is 337 g/mol. The molecule has 25 heavy (non-hydrogen) atoms. The highest BCUT2D eigenvalue weighted by molar-refractivity contribution is 5.79. The summed E-state index contributed by atoms with van der Waals surface area (Å²) < 4.78 is 5.85. The van der Waals surface area contributed by atoms with Crippen molar-refractivity contribution < 1.29 is 9.53 Å². The Kier molecular flexibility index (Phi) is 5.87. The second-order valence-corrected chi connectivity index (χ2v) is 6.98. The minimum atomic E-state index is -0.574. The summed E-state index contributed by atoms with van der Waals surface area (Å²) in [6.45, 7) is 2.18. The molecule has 0 aliphatic heterocycles. The molecule has 132 valence electrons. The van der Waals surface area contributed by atoms with Crippen molar-refractivity contribution in [3.8, 4) is 0 Å². The molecule has 0 unspecified atom stereocenters. The third kappa shape index (κ3) is 4.49. The lowest BCUT2D eigenvalue weighted by atomic mass is 9.84. The molecule has 0 heterocycles. The van der Waals surface area contributed by atoms with E-state index in [-0.39, 0.29) is 18.6 Å². The van der Waals surface area contributed by atoms with Crippen molar-refractivity contribution in [2.45, 2.75) is 50.7 Å². The quantitative estimate of drug-likeness (QED) is 0.847. The van der Waals surface area contributed by atoms with Crippen molar-refractivity contribution in [2.24, 2.45) is 0 Å². The van der Waals surface area contributed by atoms with Gasteiger partial charge >= 0.3 is 0 Å². The van der Waals surface area contributed by atoms with Gasteiger partial charge in [0.1, 0.15) is 6.61 Å². The highest BCUT2D eigenvalue weighted by atomic mass is 16.5. The van der Waals surface area contributed by atoms with Crippen LogP contribution in [0.3, 0.4) is 0 Å². The molecule has 1 amide bonds. The number of nitrogens with one attached hydrogen (secondary N) is 1. The molecule has 0 radical (unpaired) electrons. The maximum Gasteiger partial charge on any atom is 0.246 e. The van der Waals surface area contributed by atoms with E-state index in [1.807, 2.05) is 36.4 Å². The third-order valence-corrected chi connectivity index (χ3v) is 5.09. The van der Waals surface area contributed by atoms with Crippen molar-refractivity contribution in [2.75, 3.05) is 6.61 Å². The molecule has 2 aromatic carbocycles. The number of ether oxygens (including phenoxy) is 1. The Hall–Kier alpha value is -2.13. The van der Waals surface area contributed by atoms with E-state index in [0.717, 1.165) is 24.0 Å². The summed E-state index contributed by atoms with van der Waals surface area (Å²) >= 11 is 0. The highest BCUT2D eigenvalue weighted by Gasteiger charge is 2.30. The zero-order valence-corrected chi connectivity index (χ0v) is 14.9. The summed E-state index contributed by atoms with van der Waals surface area (Å²) in [6, 6.07) is 20.2. The summed E-state index contributed by atoms with van der Waals surface area (Å²) in [5.74, 6) is -0.0687. The lowest BCUT2D eigenvalue weighted by molar-refractivity contribution is -0.129. The Labute approximate surface area is 150 Å². The van der Waals surface area contributed by atoms with Crippen LogP contribution in [0.5, 0.6) is 0 Å². The van der Waals surface area contributed by atoms with Gasteiger partial charge in [-0.3, -0.25) is 4.79 Å². The normalized spacial score (nSPS) is 15.7. The number of hydrogen-bond acceptors (Lipinski definition) is 2. The summed E-state index contributed by atoms with van der Waals surface area (Å²) in [4.78, 5) is 12.6. The van der Waals surface area contributed by atoms with Crippen LogP contribution in [0, 0.1) is 0 Å². The number of carbonyl (C=O) groups is 1. The molecule has 3 nitrogen and oxygen atoms in total. The van der Waals surface area contributed by atoms with Crippen LogP contribution in [0.25, 0.3) is 0 Å². The van der Waals surface area contributed by atoms with Gasteiger partial charge in [0.15, 0.2) is 0 Å². The summed E-state index contributed by atoms with van der Waals surface area (Å²) in [5, 5.41) is 3.20. The topological polar surface area (TPSA) is 38.3 Å². The maximum absolute atomic E-state index is 12.6. The summed E-state index contributed by atoms with van der Waals surface area (Å²) in [7, 11) is 0. The van der Waals surface area contributed by atoms with Crippen LogP contribution in [0.2, 0.25) is 0 Å². The second kappa shape index (κ2) is 8.30. The Bertz CT molecular complexity index is 623. The van der Waals surface area contributed by atoms with Crippen molar-refractivity contribution >= 4 is 5.91 Å². The minimum absolute atomic E-state index is 0.0687. The smallest absolute Gasteiger partial charge is 0.246 e. The number of amides is 1. The molecule has 2 aromatic rings. The van der Waals surface area contributed by atoms with Gasteiger partial charge < -0.3 is 10.1 Å². The number of hydrogen-bond donors (Lipinski definition) is 1. The highest BCUT2D eigenvalue weighted by Crippen LogP contribution is 2.29. The van der Waals surface area contributed by atoms with E-state index >= 15 is 0 Å². The first-order valence-electron chi connectivity index (χ1n) is 9.22. The minimum Gasteiger partial charge on any atom is -0.368 e. The van der Waals surface area contributed by atoms with Crippen molar-refractivity contribution in [3.63, 3.8) is 0 Å².